The third-order valence-corrected chi connectivity index (χ3v) is 7.27. The van der Waals surface area contributed by atoms with Crippen LogP contribution in [-0.2, 0) is 20.9 Å². The zero-order chi connectivity index (χ0) is 25.1. The number of fused-ring (bicyclic) bond motifs is 2. The van der Waals surface area contributed by atoms with Crippen LogP contribution in [0.15, 0.2) is 36.4 Å². The average molecular weight is 480 g/mol. The van der Waals surface area contributed by atoms with Crippen molar-refractivity contribution in [2.45, 2.75) is 59.5 Å². The molecule has 3 amide bonds. The Balaban J connectivity index is 1.62. The van der Waals surface area contributed by atoms with Crippen LogP contribution in [0.4, 0.5) is 5.95 Å². The lowest BCUT2D eigenvalue weighted by molar-refractivity contribution is -0.147. The number of carbonyl (C=O) groups is 3. The molecule has 188 valence electrons. The highest BCUT2D eigenvalue weighted by atomic mass is 16.2. The van der Waals surface area contributed by atoms with E-state index >= 15 is 0 Å². The van der Waals surface area contributed by atoms with Gasteiger partial charge in [0.1, 0.15) is 6.04 Å². The van der Waals surface area contributed by atoms with Gasteiger partial charge in [-0.1, -0.05) is 52.0 Å². The SMILES string of the molecule is CCN(CC)CCn1c(NC(=O)[C@@H](CC(C)C)N2C(=O)[C@H]3CC=CC[C@H]3C2=O)nc2ccccc21. The number of nitrogens with one attached hydrogen (secondary N) is 1. The summed E-state index contributed by atoms with van der Waals surface area (Å²) in [4.78, 5) is 48.4. The van der Waals surface area contributed by atoms with Crippen molar-refractivity contribution < 1.29 is 14.4 Å². The zero-order valence-corrected chi connectivity index (χ0v) is 21.2. The fourth-order valence-electron chi connectivity index (χ4n) is 5.28. The summed E-state index contributed by atoms with van der Waals surface area (Å²) >= 11 is 0. The van der Waals surface area contributed by atoms with E-state index < -0.39 is 6.04 Å². The molecular weight excluding hydrogens is 442 g/mol. The van der Waals surface area contributed by atoms with Gasteiger partial charge in [0.05, 0.1) is 22.9 Å². The van der Waals surface area contributed by atoms with Gasteiger partial charge in [-0.05, 0) is 50.4 Å². The summed E-state index contributed by atoms with van der Waals surface area (Å²) in [5, 5.41) is 3.00. The predicted octanol–water partition coefficient (Wildman–Crippen LogP) is 3.68. The second-order valence-corrected chi connectivity index (χ2v) is 9.94. The lowest BCUT2D eigenvalue weighted by atomic mass is 9.85. The highest BCUT2D eigenvalue weighted by Crippen LogP contribution is 2.37. The van der Waals surface area contributed by atoms with Crippen molar-refractivity contribution in [1.82, 2.24) is 19.4 Å². The third kappa shape index (κ3) is 5.03. The molecular formula is C27H37N5O3. The Bertz CT molecular complexity index is 1090. The minimum absolute atomic E-state index is 0.133. The second kappa shape index (κ2) is 10.7. The van der Waals surface area contributed by atoms with Gasteiger partial charge in [0, 0.05) is 13.1 Å². The molecule has 0 bridgehead atoms. The highest BCUT2D eigenvalue weighted by Gasteiger charge is 2.51. The number of imide groups is 1. The van der Waals surface area contributed by atoms with E-state index in [0.717, 1.165) is 30.7 Å². The number of likely N-dealkylation sites (tertiary alicyclic amines) is 1. The monoisotopic (exact) mass is 479 g/mol. The number of rotatable bonds is 10. The zero-order valence-electron chi connectivity index (χ0n) is 21.2. The first-order valence-electron chi connectivity index (χ1n) is 12.9. The van der Waals surface area contributed by atoms with Crippen molar-refractivity contribution in [2.75, 3.05) is 25.0 Å². The van der Waals surface area contributed by atoms with Crippen LogP contribution in [0.1, 0.15) is 47.0 Å². The molecule has 1 aliphatic heterocycles. The number of aromatic nitrogens is 2. The molecule has 8 nitrogen and oxygen atoms in total. The molecule has 2 aliphatic rings. The van der Waals surface area contributed by atoms with Crippen molar-refractivity contribution in [2.24, 2.45) is 17.8 Å². The fourth-order valence-corrected chi connectivity index (χ4v) is 5.28. The van der Waals surface area contributed by atoms with Gasteiger partial charge in [0.25, 0.3) is 0 Å². The predicted molar refractivity (Wildman–Crippen MR) is 137 cm³/mol. The van der Waals surface area contributed by atoms with Crippen LogP contribution in [0.2, 0.25) is 0 Å². The topological polar surface area (TPSA) is 87.5 Å². The second-order valence-electron chi connectivity index (χ2n) is 9.94. The lowest BCUT2D eigenvalue weighted by Crippen LogP contribution is -2.48. The van der Waals surface area contributed by atoms with Crippen molar-refractivity contribution in [1.29, 1.82) is 0 Å². The summed E-state index contributed by atoms with van der Waals surface area (Å²) in [6, 6.07) is 6.96. The molecule has 0 saturated carbocycles. The Hall–Kier alpha value is -3.00. The van der Waals surface area contributed by atoms with Crippen LogP contribution in [0.3, 0.4) is 0 Å². The van der Waals surface area contributed by atoms with Gasteiger partial charge in [0.2, 0.25) is 23.7 Å². The molecule has 1 aromatic heterocycles. The van der Waals surface area contributed by atoms with Gasteiger partial charge in [-0.25, -0.2) is 4.98 Å². The van der Waals surface area contributed by atoms with Crippen LogP contribution in [0.5, 0.6) is 0 Å². The molecule has 2 aromatic rings. The Morgan fingerprint density at radius 3 is 2.31 bits per heavy atom. The first-order chi connectivity index (χ1) is 16.8. The Kier molecular flexibility index (Phi) is 7.69. The Morgan fingerprint density at radius 2 is 1.71 bits per heavy atom. The molecule has 8 heteroatoms. The smallest absolute Gasteiger partial charge is 0.249 e. The largest absolute Gasteiger partial charge is 0.309 e. The first-order valence-corrected chi connectivity index (χ1v) is 12.9. The molecule has 1 fully saturated rings. The van der Waals surface area contributed by atoms with E-state index in [1.54, 1.807) is 0 Å². The quantitative estimate of drug-likeness (QED) is 0.415. The van der Waals surface area contributed by atoms with Gasteiger partial charge in [-0.3, -0.25) is 24.6 Å². The van der Waals surface area contributed by atoms with E-state index in [9.17, 15) is 14.4 Å². The van der Waals surface area contributed by atoms with Crippen LogP contribution in [0, 0.1) is 17.8 Å². The van der Waals surface area contributed by atoms with Crippen LogP contribution in [0.25, 0.3) is 11.0 Å². The normalized spacial score (nSPS) is 20.8. The molecule has 1 aliphatic carbocycles. The molecule has 2 heterocycles. The molecule has 3 atom stereocenters. The molecule has 1 aromatic carbocycles. The average Bonchev–Trinajstić information content (AvgIpc) is 3.32. The molecule has 1 saturated heterocycles. The molecule has 4 rings (SSSR count). The third-order valence-electron chi connectivity index (χ3n) is 7.27. The summed E-state index contributed by atoms with van der Waals surface area (Å²) in [6.07, 6.45) is 5.46. The number of nitrogens with zero attached hydrogens (tertiary/aromatic N) is 4. The molecule has 1 N–H and O–H groups in total. The number of hydrogen-bond donors (Lipinski definition) is 1. The minimum atomic E-state index is -0.850. The van der Waals surface area contributed by atoms with Gasteiger partial charge in [0.15, 0.2) is 0 Å². The minimum Gasteiger partial charge on any atom is -0.309 e. The number of amides is 3. The van der Waals surface area contributed by atoms with Crippen molar-refractivity contribution >= 4 is 34.7 Å². The van der Waals surface area contributed by atoms with Gasteiger partial charge < -0.3 is 9.47 Å². The van der Waals surface area contributed by atoms with Gasteiger partial charge in [-0.2, -0.15) is 0 Å². The van der Waals surface area contributed by atoms with E-state index in [1.165, 1.54) is 4.90 Å². The fraction of sp³-hybridized carbons (Fsp3) is 0.556. The Morgan fingerprint density at radius 1 is 1.09 bits per heavy atom. The summed E-state index contributed by atoms with van der Waals surface area (Å²) in [6.45, 7) is 11.6. The molecule has 35 heavy (non-hydrogen) atoms. The number of anilines is 1. The number of benzene rings is 1. The van der Waals surface area contributed by atoms with E-state index in [2.05, 4.69) is 24.1 Å². The van der Waals surface area contributed by atoms with Crippen molar-refractivity contribution in [3.05, 3.63) is 36.4 Å². The highest BCUT2D eigenvalue weighted by molar-refractivity contribution is 6.10. The number of allylic oxidation sites excluding steroid dienone is 2. The van der Waals surface area contributed by atoms with Gasteiger partial charge in [-0.15, -0.1) is 0 Å². The van der Waals surface area contributed by atoms with Crippen molar-refractivity contribution in [3.8, 4) is 0 Å². The summed E-state index contributed by atoms with van der Waals surface area (Å²) in [7, 11) is 0. The van der Waals surface area contributed by atoms with Crippen LogP contribution in [-0.4, -0.2) is 62.7 Å². The van der Waals surface area contributed by atoms with Crippen LogP contribution < -0.4 is 5.32 Å². The number of hydrogen-bond acceptors (Lipinski definition) is 5. The summed E-state index contributed by atoms with van der Waals surface area (Å²) in [5.74, 6) is -0.919. The van der Waals surface area contributed by atoms with E-state index in [-0.39, 0.29) is 35.5 Å². The molecule has 0 radical (unpaired) electrons. The van der Waals surface area contributed by atoms with E-state index in [0.29, 0.717) is 31.8 Å². The standard InChI is InChI=1S/C27H37N5O3/c1-5-30(6-2)15-16-31-22-14-10-9-13-21(22)28-27(31)29-24(33)23(17-18(3)4)32-25(34)19-11-7-8-12-20(19)26(32)35/h7-10,13-14,18-20,23H,5-6,11-12,15-17H2,1-4H3,(H,28,29,33)/t19-,20+,23-/m1/s1. The van der Waals surface area contributed by atoms with E-state index in [1.807, 2.05) is 54.8 Å². The molecule has 0 unspecified atom stereocenters. The maximum absolute atomic E-state index is 13.7. The summed E-state index contributed by atoms with van der Waals surface area (Å²) in [5.41, 5.74) is 1.74. The summed E-state index contributed by atoms with van der Waals surface area (Å²) < 4.78 is 2.02. The lowest BCUT2D eigenvalue weighted by Gasteiger charge is -2.27. The Labute approximate surface area is 207 Å². The number of imidazole rings is 1. The number of carbonyl (C=O) groups excluding carboxylic acids is 3. The number of para-hydroxylation sites is 2. The molecule has 0 spiro atoms. The number of likely N-dealkylation sites (N-methyl/N-ethyl adjacent to an activating group) is 1. The maximum Gasteiger partial charge on any atom is 0.249 e. The van der Waals surface area contributed by atoms with Crippen LogP contribution >= 0.6 is 0 Å². The maximum atomic E-state index is 13.7. The van der Waals surface area contributed by atoms with Crippen molar-refractivity contribution in [3.63, 3.8) is 0 Å². The van der Waals surface area contributed by atoms with E-state index in [4.69, 9.17) is 4.98 Å². The van der Waals surface area contributed by atoms with Gasteiger partial charge >= 0.3 is 0 Å². The first kappa shape index (κ1) is 25.1.